The molecule has 3 aromatic rings. The molecule has 108 valence electrons. The molecule has 0 aliphatic heterocycles. The van der Waals surface area contributed by atoms with Crippen molar-refractivity contribution in [2.75, 3.05) is 20.0 Å². The Morgan fingerprint density at radius 2 is 1.95 bits per heavy atom. The smallest absolute Gasteiger partial charge is 0.139 e. The molecule has 0 saturated heterocycles. The highest BCUT2D eigenvalue weighted by Crippen LogP contribution is 2.36. The van der Waals surface area contributed by atoms with Gasteiger partial charge >= 0.3 is 0 Å². The Bertz CT molecular complexity index is 814. The van der Waals surface area contributed by atoms with Gasteiger partial charge in [0, 0.05) is 11.8 Å². The molecule has 2 aromatic heterocycles. The van der Waals surface area contributed by atoms with Crippen molar-refractivity contribution in [1.29, 1.82) is 0 Å². The van der Waals surface area contributed by atoms with E-state index in [4.69, 9.17) is 26.8 Å². The number of rotatable bonds is 3. The number of pyridine rings is 1. The maximum absolute atomic E-state index is 6.20. The predicted molar refractivity (Wildman–Crippen MR) is 83.2 cm³/mol. The highest BCUT2D eigenvalue weighted by molar-refractivity contribution is 6.30. The zero-order valence-electron chi connectivity index (χ0n) is 11.6. The van der Waals surface area contributed by atoms with E-state index in [2.05, 4.69) is 4.98 Å². The third-order valence-corrected chi connectivity index (χ3v) is 3.50. The van der Waals surface area contributed by atoms with E-state index in [1.165, 1.54) is 0 Å². The Kier molecular flexibility index (Phi) is 3.35. The lowest BCUT2D eigenvalue weighted by Crippen LogP contribution is -1.96. The maximum Gasteiger partial charge on any atom is 0.139 e. The predicted octanol–water partition coefficient (Wildman–Crippen LogP) is 3.25. The summed E-state index contributed by atoms with van der Waals surface area (Å²) in [6.45, 7) is 0. The van der Waals surface area contributed by atoms with Gasteiger partial charge in [-0.1, -0.05) is 11.6 Å². The molecule has 0 bridgehead atoms. The minimum Gasteiger partial charge on any atom is -0.497 e. The monoisotopic (exact) mass is 303 g/mol. The summed E-state index contributed by atoms with van der Waals surface area (Å²) in [5, 5.41) is 0.593. The van der Waals surface area contributed by atoms with E-state index < -0.39 is 0 Å². The summed E-state index contributed by atoms with van der Waals surface area (Å²) in [5.74, 6) is 1.89. The summed E-state index contributed by atoms with van der Waals surface area (Å²) in [6.07, 6.45) is 1.73. The van der Waals surface area contributed by atoms with Gasteiger partial charge in [0.05, 0.1) is 19.2 Å². The van der Waals surface area contributed by atoms with Crippen LogP contribution in [0, 0.1) is 0 Å². The molecule has 0 saturated carbocycles. The Labute approximate surface area is 126 Å². The number of ether oxygens (including phenoxy) is 2. The average Bonchev–Trinajstić information content (AvgIpc) is 2.83. The first-order valence-electron chi connectivity index (χ1n) is 6.29. The molecule has 0 spiro atoms. The van der Waals surface area contributed by atoms with Crippen molar-refractivity contribution < 1.29 is 9.47 Å². The molecule has 0 fully saturated rings. The van der Waals surface area contributed by atoms with Crippen LogP contribution in [0.4, 0.5) is 5.82 Å². The highest BCUT2D eigenvalue weighted by atomic mass is 35.5. The number of aromatic nitrogens is 2. The number of imidazole rings is 1. The first-order valence-corrected chi connectivity index (χ1v) is 6.67. The number of nitrogens with two attached hydrogens (primary N) is 1. The molecule has 6 heteroatoms. The van der Waals surface area contributed by atoms with E-state index in [9.17, 15) is 0 Å². The lowest BCUT2D eigenvalue weighted by Gasteiger charge is -2.09. The normalized spacial score (nSPS) is 10.8. The Morgan fingerprint density at radius 3 is 2.67 bits per heavy atom. The molecule has 0 radical (unpaired) electrons. The molecule has 0 amide bonds. The van der Waals surface area contributed by atoms with Crippen molar-refractivity contribution >= 4 is 23.1 Å². The van der Waals surface area contributed by atoms with Crippen LogP contribution >= 0.6 is 11.6 Å². The van der Waals surface area contributed by atoms with E-state index >= 15 is 0 Å². The maximum atomic E-state index is 6.20. The quantitative estimate of drug-likeness (QED) is 0.807. The largest absolute Gasteiger partial charge is 0.497 e. The average molecular weight is 304 g/mol. The van der Waals surface area contributed by atoms with Gasteiger partial charge in [0.1, 0.15) is 28.7 Å². The third-order valence-electron chi connectivity index (χ3n) is 3.28. The molecule has 3 rings (SSSR count). The highest BCUT2D eigenvalue weighted by Gasteiger charge is 2.16. The number of nitrogen functional groups attached to an aromatic ring is 1. The van der Waals surface area contributed by atoms with Gasteiger partial charge in [-0.15, -0.1) is 0 Å². The molecular weight excluding hydrogens is 290 g/mol. The standard InChI is InChI=1S/C15H14ClN3O2/c1-20-10-4-5-12(21-2)11(7-10)14-15(17)19-8-9(16)3-6-13(19)18-14/h3-8H,17H2,1-2H3. The zero-order valence-corrected chi connectivity index (χ0v) is 12.4. The van der Waals surface area contributed by atoms with Gasteiger partial charge in [-0.25, -0.2) is 4.98 Å². The van der Waals surface area contributed by atoms with Gasteiger partial charge < -0.3 is 15.2 Å². The number of fused-ring (bicyclic) bond motifs is 1. The van der Waals surface area contributed by atoms with Crippen molar-refractivity contribution in [3.8, 4) is 22.8 Å². The SMILES string of the molecule is COc1ccc(OC)c(-c2nc3ccc(Cl)cn3c2N)c1. The topological polar surface area (TPSA) is 61.8 Å². The summed E-state index contributed by atoms with van der Waals surface area (Å²) in [5.41, 5.74) is 8.32. The van der Waals surface area contributed by atoms with Crippen LogP contribution in [0.25, 0.3) is 16.9 Å². The molecule has 21 heavy (non-hydrogen) atoms. The zero-order chi connectivity index (χ0) is 15.0. The van der Waals surface area contributed by atoms with E-state index in [1.54, 1.807) is 30.9 Å². The van der Waals surface area contributed by atoms with Crippen LogP contribution in [-0.4, -0.2) is 23.6 Å². The number of anilines is 1. The van der Waals surface area contributed by atoms with Gasteiger partial charge in [0.2, 0.25) is 0 Å². The molecule has 2 N–H and O–H groups in total. The van der Waals surface area contributed by atoms with Crippen molar-refractivity contribution in [1.82, 2.24) is 9.38 Å². The van der Waals surface area contributed by atoms with Crippen LogP contribution in [0.2, 0.25) is 5.02 Å². The summed E-state index contributed by atoms with van der Waals surface area (Å²) < 4.78 is 12.4. The van der Waals surface area contributed by atoms with Gasteiger partial charge in [0.25, 0.3) is 0 Å². The van der Waals surface area contributed by atoms with E-state index in [1.807, 2.05) is 24.3 Å². The van der Waals surface area contributed by atoms with Gasteiger partial charge in [0.15, 0.2) is 0 Å². The Balaban J connectivity index is 2.27. The van der Waals surface area contributed by atoms with Crippen LogP contribution in [0.3, 0.4) is 0 Å². The fourth-order valence-electron chi connectivity index (χ4n) is 2.23. The number of benzene rings is 1. The Hall–Kier alpha value is -2.40. The lowest BCUT2D eigenvalue weighted by molar-refractivity contribution is 0.404. The van der Waals surface area contributed by atoms with Crippen LogP contribution in [-0.2, 0) is 0 Å². The number of halogens is 1. The van der Waals surface area contributed by atoms with Crippen molar-refractivity contribution in [2.45, 2.75) is 0 Å². The molecule has 0 atom stereocenters. The minimum atomic E-state index is 0.499. The van der Waals surface area contributed by atoms with Crippen LogP contribution in [0.5, 0.6) is 11.5 Å². The number of nitrogens with zero attached hydrogens (tertiary/aromatic N) is 2. The number of hydrogen-bond acceptors (Lipinski definition) is 4. The fraction of sp³-hybridized carbons (Fsp3) is 0.133. The summed E-state index contributed by atoms with van der Waals surface area (Å²) in [7, 11) is 3.21. The van der Waals surface area contributed by atoms with E-state index in [0.29, 0.717) is 28.0 Å². The Morgan fingerprint density at radius 1 is 1.14 bits per heavy atom. The van der Waals surface area contributed by atoms with Gasteiger partial charge in [-0.2, -0.15) is 0 Å². The molecule has 2 heterocycles. The molecule has 5 nitrogen and oxygen atoms in total. The lowest BCUT2D eigenvalue weighted by atomic mass is 10.1. The second-order valence-electron chi connectivity index (χ2n) is 4.49. The third kappa shape index (κ3) is 2.25. The summed E-state index contributed by atoms with van der Waals surface area (Å²) >= 11 is 6.00. The molecule has 0 aliphatic carbocycles. The van der Waals surface area contributed by atoms with Crippen molar-refractivity contribution in [3.05, 3.63) is 41.6 Å². The first-order chi connectivity index (χ1) is 10.1. The molecule has 0 aliphatic rings. The number of hydrogen-bond donors (Lipinski definition) is 1. The first kappa shape index (κ1) is 13.6. The number of methoxy groups -OCH3 is 2. The van der Waals surface area contributed by atoms with Crippen LogP contribution in [0.15, 0.2) is 36.5 Å². The van der Waals surface area contributed by atoms with Crippen molar-refractivity contribution in [2.24, 2.45) is 0 Å². The van der Waals surface area contributed by atoms with E-state index in [-0.39, 0.29) is 0 Å². The molecule has 1 aromatic carbocycles. The minimum absolute atomic E-state index is 0.499. The second-order valence-corrected chi connectivity index (χ2v) is 4.92. The fourth-order valence-corrected chi connectivity index (χ4v) is 2.39. The van der Waals surface area contributed by atoms with Gasteiger partial charge in [-0.3, -0.25) is 4.40 Å². The van der Waals surface area contributed by atoms with Crippen molar-refractivity contribution in [3.63, 3.8) is 0 Å². The molecule has 0 unspecified atom stereocenters. The summed E-state index contributed by atoms with van der Waals surface area (Å²) in [6, 6.07) is 9.08. The van der Waals surface area contributed by atoms with Gasteiger partial charge in [-0.05, 0) is 30.3 Å². The van der Waals surface area contributed by atoms with E-state index in [0.717, 1.165) is 11.2 Å². The second kappa shape index (κ2) is 5.18. The van der Waals surface area contributed by atoms with Crippen LogP contribution in [0.1, 0.15) is 0 Å². The molecular formula is C15H14ClN3O2. The van der Waals surface area contributed by atoms with Crippen LogP contribution < -0.4 is 15.2 Å². The summed E-state index contributed by atoms with van der Waals surface area (Å²) in [4.78, 5) is 4.55.